The van der Waals surface area contributed by atoms with Crippen molar-refractivity contribution in [2.24, 2.45) is 5.92 Å². The fourth-order valence-corrected chi connectivity index (χ4v) is 2.63. The van der Waals surface area contributed by atoms with Gasteiger partial charge in [0.05, 0.1) is 0 Å². The fraction of sp³-hybridized carbons (Fsp3) is 0.647. The molecule has 0 saturated heterocycles. The lowest BCUT2D eigenvalue weighted by molar-refractivity contribution is 0.432. The van der Waals surface area contributed by atoms with Crippen molar-refractivity contribution in [2.45, 2.75) is 58.4 Å². The van der Waals surface area contributed by atoms with Gasteiger partial charge in [-0.25, -0.2) is 0 Å². The summed E-state index contributed by atoms with van der Waals surface area (Å²) in [6, 6.07) is 9.54. The van der Waals surface area contributed by atoms with Crippen molar-refractivity contribution in [3.63, 3.8) is 0 Å². The molecule has 100 valence electrons. The fourth-order valence-electron chi connectivity index (χ4n) is 2.63. The SMILES string of the molecule is CCCNC(CCc1ccccc1C)CC1CC1. The standard InChI is InChI=1S/C17H27N/c1-3-12-18-17(13-15-8-9-15)11-10-16-7-5-4-6-14(16)2/h4-7,15,17-18H,3,8-13H2,1-2H3. The van der Waals surface area contributed by atoms with Crippen LogP contribution in [0.1, 0.15) is 50.2 Å². The van der Waals surface area contributed by atoms with Crippen molar-refractivity contribution >= 4 is 0 Å². The van der Waals surface area contributed by atoms with E-state index in [9.17, 15) is 0 Å². The Morgan fingerprint density at radius 2 is 2.06 bits per heavy atom. The molecule has 1 N–H and O–H groups in total. The molecule has 1 saturated carbocycles. The topological polar surface area (TPSA) is 12.0 Å². The predicted molar refractivity (Wildman–Crippen MR) is 78.9 cm³/mol. The summed E-state index contributed by atoms with van der Waals surface area (Å²) in [5, 5.41) is 3.73. The highest BCUT2D eigenvalue weighted by molar-refractivity contribution is 5.25. The number of aryl methyl sites for hydroxylation is 2. The molecule has 1 nitrogen and oxygen atoms in total. The van der Waals surface area contributed by atoms with E-state index >= 15 is 0 Å². The quantitative estimate of drug-likeness (QED) is 0.727. The molecule has 1 aromatic rings. The van der Waals surface area contributed by atoms with Gasteiger partial charge in [-0.2, -0.15) is 0 Å². The maximum atomic E-state index is 3.73. The summed E-state index contributed by atoms with van der Waals surface area (Å²) in [4.78, 5) is 0. The molecule has 0 spiro atoms. The van der Waals surface area contributed by atoms with Crippen LogP contribution < -0.4 is 5.32 Å². The van der Waals surface area contributed by atoms with Crippen LogP contribution in [0.5, 0.6) is 0 Å². The zero-order valence-corrected chi connectivity index (χ0v) is 11.9. The van der Waals surface area contributed by atoms with Crippen molar-refractivity contribution in [1.82, 2.24) is 5.32 Å². The zero-order valence-electron chi connectivity index (χ0n) is 11.9. The van der Waals surface area contributed by atoms with Gasteiger partial charge in [0.2, 0.25) is 0 Å². The van der Waals surface area contributed by atoms with E-state index in [1.165, 1.54) is 56.2 Å². The van der Waals surface area contributed by atoms with E-state index < -0.39 is 0 Å². The van der Waals surface area contributed by atoms with E-state index in [0.29, 0.717) is 0 Å². The number of rotatable bonds is 8. The largest absolute Gasteiger partial charge is 0.314 e. The smallest absolute Gasteiger partial charge is 0.00728 e. The number of benzene rings is 1. The van der Waals surface area contributed by atoms with Crippen molar-refractivity contribution in [1.29, 1.82) is 0 Å². The summed E-state index contributed by atoms with van der Waals surface area (Å²) in [5.74, 6) is 1.02. The summed E-state index contributed by atoms with van der Waals surface area (Å²) in [5.41, 5.74) is 2.97. The molecule has 0 bridgehead atoms. The molecule has 1 atom stereocenters. The van der Waals surface area contributed by atoms with Crippen LogP contribution in [0.25, 0.3) is 0 Å². The maximum absolute atomic E-state index is 3.73. The van der Waals surface area contributed by atoms with Crippen molar-refractivity contribution in [3.05, 3.63) is 35.4 Å². The molecule has 1 aliphatic carbocycles. The highest BCUT2D eigenvalue weighted by Crippen LogP contribution is 2.34. The first-order chi connectivity index (χ1) is 8.79. The van der Waals surface area contributed by atoms with Crippen LogP contribution in [0.3, 0.4) is 0 Å². The maximum Gasteiger partial charge on any atom is 0.00728 e. The molecular weight excluding hydrogens is 218 g/mol. The summed E-state index contributed by atoms with van der Waals surface area (Å²) in [7, 11) is 0. The molecular formula is C17H27N. The average Bonchev–Trinajstić information content (AvgIpc) is 3.18. The molecule has 1 fully saturated rings. The second-order valence-corrected chi connectivity index (χ2v) is 5.80. The van der Waals surface area contributed by atoms with Gasteiger partial charge in [-0.3, -0.25) is 0 Å². The average molecular weight is 245 g/mol. The molecule has 1 aromatic carbocycles. The van der Waals surface area contributed by atoms with Gasteiger partial charge in [-0.1, -0.05) is 44.0 Å². The highest BCUT2D eigenvalue weighted by Gasteiger charge is 2.24. The molecule has 1 unspecified atom stereocenters. The van der Waals surface area contributed by atoms with Crippen molar-refractivity contribution in [3.8, 4) is 0 Å². The predicted octanol–water partition coefficient (Wildman–Crippen LogP) is 4.10. The van der Waals surface area contributed by atoms with Crippen LogP contribution in [0.2, 0.25) is 0 Å². The van der Waals surface area contributed by atoms with Crippen LogP contribution in [-0.2, 0) is 6.42 Å². The summed E-state index contributed by atoms with van der Waals surface area (Å²) >= 11 is 0. The van der Waals surface area contributed by atoms with Gasteiger partial charge in [-0.05, 0) is 56.2 Å². The lowest BCUT2D eigenvalue weighted by Crippen LogP contribution is -2.30. The molecule has 0 amide bonds. The Hall–Kier alpha value is -0.820. The Balaban J connectivity index is 1.81. The highest BCUT2D eigenvalue weighted by atomic mass is 14.9. The van der Waals surface area contributed by atoms with Gasteiger partial charge in [0.1, 0.15) is 0 Å². The summed E-state index contributed by atoms with van der Waals surface area (Å²) < 4.78 is 0. The third-order valence-corrected chi connectivity index (χ3v) is 4.02. The Labute approximate surface area is 112 Å². The number of nitrogens with one attached hydrogen (secondary N) is 1. The van der Waals surface area contributed by atoms with E-state index in [2.05, 4.69) is 43.4 Å². The van der Waals surface area contributed by atoms with Crippen LogP contribution in [0.4, 0.5) is 0 Å². The first-order valence-corrected chi connectivity index (χ1v) is 7.57. The van der Waals surface area contributed by atoms with Crippen LogP contribution in [0, 0.1) is 12.8 Å². The third kappa shape index (κ3) is 4.45. The first kappa shape index (κ1) is 13.6. The minimum absolute atomic E-state index is 0.733. The molecule has 2 rings (SSSR count). The van der Waals surface area contributed by atoms with Crippen LogP contribution >= 0.6 is 0 Å². The number of hydrogen-bond donors (Lipinski definition) is 1. The molecule has 1 aliphatic rings. The Morgan fingerprint density at radius 3 is 2.72 bits per heavy atom. The van der Waals surface area contributed by atoms with Gasteiger partial charge in [-0.15, -0.1) is 0 Å². The molecule has 18 heavy (non-hydrogen) atoms. The lowest BCUT2D eigenvalue weighted by atomic mass is 9.98. The second kappa shape index (κ2) is 6.94. The van der Waals surface area contributed by atoms with Crippen LogP contribution in [-0.4, -0.2) is 12.6 Å². The molecule has 1 heteroatoms. The first-order valence-electron chi connectivity index (χ1n) is 7.57. The van der Waals surface area contributed by atoms with Gasteiger partial charge < -0.3 is 5.32 Å². The molecule has 0 radical (unpaired) electrons. The second-order valence-electron chi connectivity index (χ2n) is 5.80. The normalized spacial score (nSPS) is 16.8. The Morgan fingerprint density at radius 1 is 1.28 bits per heavy atom. The minimum Gasteiger partial charge on any atom is -0.314 e. The van der Waals surface area contributed by atoms with E-state index in [1.807, 2.05) is 0 Å². The monoisotopic (exact) mass is 245 g/mol. The summed E-state index contributed by atoms with van der Waals surface area (Å²) in [6.07, 6.45) is 8.09. The van der Waals surface area contributed by atoms with E-state index in [-0.39, 0.29) is 0 Å². The van der Waals surface area contributed by atoms with Gasteiger partial charge >= 0.3 is 0 Å². The van der Waals surface area contributed by atoms with E-state index in [1.54, 1.807) is 0 Å². The number of hydrogen-bond acceptors (Lipinski definition) is 1. The van der Waals surface area contributed by atoms with Gasteiger partial charge in [0, 0.05) is 6.04 Å². The van der Waals surface area contributed by atoms with Crippen LogP contribution in [0.15, 0.2) is 24.3 Å². The summed E-state index contributed by atoms with van der Waals surface area (Å²) in [6.45, 7) is 5.65. The van der Waals surface area contributed by atoms with Crippen molar-refractivity contribution in [2.75, 3.05) is 6.54 Å². The van der Waals surface area contributed by atoms with E-state index in [4.69, 9.17) is 0 Å². The lowest BCUT2D eigenvalue weighted by Gasteiger charge is -2.18. The Kier molecular flexibility index (Phi) is 5.25. The minimum atomic E-state index is 0.733. The van der Waals surface area contributed by atoms with Crippen molar-refractivity contribution < 1.29 is 0 Å². The molecule has 0 aromatic heterocycles. The zero-order chi connectivity index (χ0) is 12.8. The van der Waals surface area contributed by atoms with Gasteiger partial charge in [0.25, 0.3) is 0 Å². The van der Waals surface area contributed by atoms with E-state index in [0.717, 1.165) is 12.0 Å². The Bertz CT molecular complexity index is 354. The third-order valence-electron chi connectivity index (χ3n) is 4.02. The molecule has 0 heterocycles. The molecule has 0 aliphatic heterocycles. The van der Waals surface area contributed by atoms with Gasteiger partial charge in [0.15, 0.2) is 0 Å².